The zero-order valence-corrected chi connectivity index (χ0v) is 14.9. The minimum Gasteiger partial charge on any atom is -0.465 e. The van der Waals surface area contributed by atoms with E-state index >= 15 is 0 Å². The van der Waals surface area contributed by atoms with Crippen LogP contribution in [0.3, 0.4) is 0 Å². The highest BCUT2D eigenvalue weighted by Gasteiger charge is 2.15. The molecule has 0 aliphatic carbocycles. The summed E-state index contributed by atoms with van der Waals surface area (Å²) in [5.74, 6) is -1.63. The molecule has 0 aliphatic heterocycles. The number of anilines is 2. The van der Waals surface area contributed by atoms with Crippen molar-refractivity contribution in [1.82, 2.24) is 0 Å². The van der Waals surface area contributed by atoms with Crippen molar-refractivity contribution in [2.45, 2.75) is 0 Å². The van der Waals surface area contributed by atoms with Gasteiger partial charge in [0.15, 0.2) is 0 Å². The third kappa shape index (κ3) is 5.22. The summed E-state index contributed by atoms with van der Waals surface area (Å²) in [5.41, 5.74) is 1.24. The van der Waals surface area contributed by atoms with Crippen LogP contribution in [0.25, 0.3) is 0 Å². The first-order valence-corrected chi connectivity index (χ1v) is 7.91. The van der Waals surface area contributed by atoms with Gasteiger partial charge in [0.05, 0.1) is 31.9 Å². The Morgan fingerprint density at radius 1 is 0.885 bits per heavy atom. The third-order valence-corrected chi connectivity index (χ3v) is 3.61. The molecule has 0 aromatic heterocycles. The van der Waals surface area contributed by atoms with Gasteiger partial charge in [0.1, 0.15) is 0 Å². The molecular formula is C18H17ClN2O5. The van der Waals surface area contributed by atoms with E-state index in [1.807, 2.05) is 0 Å². The lowest BCUT2D eigenvalue weighted by Gasteiger charge is -2.10. The van der Waals surface area contributed by atoms with Gasteiger partial charge in [-0.2, -0.15) is 0 Å². The maximum absolute atomic E-state index is 12.1. The molecule has 0 radical (unpaired) electrons. The molecule has 0 saturated heterocycles. The van der Waals surface area contributed by atoms with E-state index in [1.54, 1.807) is 24.3 Å². The SMILES string of the molecule is COC(=O)c1cc(NC(=O)CNc2ccc(Cl)cc2)cc(C(=O)OC)c1. The van der Waals surface area contributed by atoms with E-state index < -0.39 is 11.9 Å². The number of halogens is 1. The van der Waals surface area contributed by atoms with Gasteiger partial charge in [0.25, 0.3) is 0 Å². The maximum atomic E-state index is 12.1. The molecule has 0 saturated carbocycles. The second-order valence-electron chi connectivity index (χ2n) is 5.19. The molecule has 0 aliphatic rings. The molecule has 7 nitrogen and oxygen atoms in total. The van der Waals surface area contributed by atoms with Gasteiger partial charge in [-0.3, -0.25) is 4.79 Å². The van der Waals surface area contributed by atoms with Crippen LogP contribution in [0, 0.1) is 0 Å². The molecule has 0 heterocycles. The summed E-state index contributed by atoms with van der Waals surface area (Å²) >= 11 is 5.80. The summed E-state index contributed by atoms with van der Waals surface area (Å²) in [7, 11) is 2.45. The third-order valence-electron chi connectivity index (χ3n) is 3.36. The van der Waals surface area contributed by atoms with Crippen LogP contribution in [-0.4, -0.2) is 38.6 Å². The second kappa shape index (κ2) is 8.87. The van der Waals surface area contributed by atoms with E-state index in [1.165, 1.54) is 32.4 Å². The van der Waals surface area contributed by atoms with Crippen LogP contribution in [0.5, 0.6) is 0 Å². The molecule has 2 N–H and O–H groups in total. The summed E-state index contributed by atoms with van der Waals surface area (Å²) in [6, 6.07) is 11.0. The number of carbonyl (C=O) groups excluding carboxylic acids is 3. The molecule has 0 unspecified atom stereocenters. The Morgan fingerprint density at radius 2 is 1.42 bits per heavy atom. The Balaban J connectivity index is 2.11. The summed E-state index contributed by atoms with van der Waals surface area (Å²) in [5, 5.41) is 6.15. The van der Waals surface area contributed by atoms with E-state index in [-0.39, 0.29) is 29.3 Å². The van der Waals surface area contributed by atoms with Gasteiger partial charge in [-0.1, -0.05) is 11.6 Å². The van der Waals surface area contributed by atoms with Crippen LogP contribution >= 0.6 is 11.6 Å². The van der Waals surface area contributed by atoms with Crippen LogP contribution in [0.15, 0.2) is 42.5 Å². The number of methoxy groups -OCH3 is 2. The molecule has 26 heavy (non-hydrogen) atoms. The fourth-order valence-corrected chi connectivity index (χ4v) is 2.25. The van der Waals surface area contributed by atoms with Gasteiger partial charge < -0.3 is 20.1 Å². The topological polar surface area (TPSA) is 93.7 Å². The lowest BCUT2D eigenvalue weighted by atomic mass is 10.1. The molecule has 0 fully saturated rings. The van der Waals surface area contributed by atoms with Crippen LogP contribution in [0.1, 0.15) is 20.7 Å². The van der Waals surface area contributed by atoms with Gasteiger partial charge >= 0.3 is 11.9 Å². The second-order valence-corrected chi connectivity index (χ2v) is 5.63. The maximum Gasteiger partial charge on any atom is 0.337 e. The monoisotopic (exact) mass is 376 g/mol. The van der Waals surface area contributed by atoms with Crippen LogP contribution in [-0.2, 0) is 14.3 Å². The minimum absolute atomic E-state index is 0.0162. The number of rotatable bonds is 6. The van der Waals surface area contributed by atoms with E-state index in [9.17, 15) is 14.4 Å². The average molecular weight is 377 g/mol. The quantitative estimate of drug-likeness (QED) is 0.753. The lowest BCUT2D eigenvalue weighted by Crippen LogP contribution is -2.22. The summed E-state index contributed by atoms with van der Waals surface area (Å²) in [6.45, 7) is -0.0162. The van der Waals surface area contributed by atoms with Crippen molar-refractivity contribution >= 4 is 40.8 Å². The molecule has 2 aromatic carbocycles. The Morgan fingerprint density at radius 3 is 1.92 bits per heavy atom. The van der Waals surface area contributed by atoms with Gasteiger partial charge in [0.2, 0.25) is 5.91 Å². The van der Waals surface area contributed by atoms with E-state index in [0.717, 1.165) is 5.69 Å². The Bertz CT molecular complexity index is 787. The number of carbonyl (C=O) groups is 3. The van der Waals surface area contributed by atoms with Crippen molar-refractivity contribution in [3.05, 3.63) is 58.6 Å². The normalized spacial score (nSPS) is 9.96. The predicted octanol–water partition coefficient (Wildman–Crippen LogP) is 2.96. The van der Waals surface area contributed by atoms with Crippen LogP contribution in [0.2, 0.25) is 5.02 Å². The largest absolute Gasteiger partial charge is 0.465 e. The molecule has 136 valence electrons. The van der Waals surface area contributed by atoms with Gasteiger partial charge in [-0.25, -0.2) is 9.59 Å². The van der Waals surface area contributed by atoms with E-state index in [2.05, 4.69) is 20.1 Å². The Hall–Kier alpha value is -3.06. The number of amides is 1. The van der Waals surface area contributed by atoms with Crippen molar-refractivity contribution < 1.29 is 23.9 Å². The molecule has 0 atom stereocenters. The first kappa shape index (κ1) is 19.3. The van der Waals surface area contributed by atoms with Gasteiger partial charge in [0, 0.05) is 16.4 Å². The smallest absolute Gasteiger partial charge is 0.337 e. The molecule has 0 bridgehead atoms. The highest BCUT2D eigenvalue weighted by atomic mass is 35.5. The Labute approximate surface area is 155 Å². The number of hydrogen-bond acceptors (Lipinski definition) is 6. The van der Waals surface area contributed by atoms with Crippen molar-refractivity contribution in [2.24, 2.45) is 0 Å². The fourth-order valence-electron chi connectivity index (χ4n) is 2.13. The summed E-state index contributed by atoms with van der Waals surface area (Å²) in [4.78, 5) is 35.6. The van der Waals surface area contributed by atoms with Crippen molar-refractivity contribution in [3.8, 4) is 0 Å². The first-order valence-electron chi connectivity index (χ1n) is 7.54. The van der Waals surface area contributed by atoms with E-state index in [0.29, 0.717) is 5.02 Å². The number of nitrogens with one attached hydrogen (secondary N) is 2. The predicted molar refractivity (Wildman–Crippen MR) is 97.7 cm³/mol. The first-order chi connectivity index (χ1) is 12.4. The van der Waals surface area contributed by atoms with Gasteiger partial charge in [-0.05, 0) is 42.5 Å². The Kier molecular flexibility index (Phi) is 6.57. The molecule has 8 heteroatoms. The zero-order chi connectivity index (χ0) is 19.1. The number of hydrogen-bond donors (Lipinski definition) is 2. The molecule has 0 spiro atoms. The van der Waals surface area contributed by atoms with Crippen molar-refractivity contribution in [3.63, 3.8) is 0 Å². The average Bonchev–Trinajstić information content (AvgIpc) is 2.65. The standard InChI is InChI=1S/C18H17ClN2O5/c1-25-17(23)11-7-12(18(24)26-2)9-15(8-11)21-16(22)10-20-14-5-3-13(19)4-6-14/h3-9,20H,10H2,1-2H3,(H,21,22). The van der Waals surface area contributed by atoms with Crippen molar-refractivity contribution in [1.29, 1.82) is 0 Å². The minimum atomic E-state index is -0.634. The molecular weight excluding hydrogens is 360 g/mol. The van der Waals surface area contributed by atoms with E-state index in [4.69, 9.17) is 11.6 Å². The van der Waals surface area contributed by atoms with Gasteiger partial charge in [-0.15, -0.1) is 0 Å². The summed E-state index contributed by atoms with van der Waals surface area (Å²) in [6.07, 6.45) is 0. The van der Waals surface area contributed by atoms with Crippen molar-refractivity contribution in [2.75, 3.05) is 31.4 Å². The summed E-state index contributed by atoms with van der Waals surface area (Å²) < 4.78 is 9.31. The zero-order valence-electron chi connectivity index (χ0n) is 14.2. The highest BCUT2D eigenvalue weighted by molar-refractivity contribution is 6.30. The lowest BCUT2D eigenvalue weighted by molar-refractivity contribution is -0.114. The molecule has 1 amide bonds. The van der Waals surface area contributed by atoms with Crippen LogP contribution < -0.4 is 10.6 Å². The fraction of sp³-hybridized carbons (Fsp3) is 0.167. The number of benzene rings is 2. The number of esters is 2. The molecule has 2 rings (SSSR count). The van der Waals surface area contributed by atoms with Crippen LogP contribution in [0.4, 0.5) is 11.4 Å². The number of ether oxygens (including phenoxy) is 2. The highest BCUT2D eigenvalue weighted by Crippen LogP contribution is 2.17. The molecule has 2 aromatic rings.